The minimum atomic E-state index is -0.782. The van der Waals surface area contributed by atoms with E-state index in [0.717, 1.165) is 12.1 Å². The Kier molecular flexibility index (Phi) is 2.24. The zero-order chi connectivity index (χ0) is 9.14. The first-order valence-electron chi connectivity index (χ1n) is 3.12. The molecule has 0 N–H and O–H groups in total. The lowest BCUT2D eigenvalue weighted by molar-refractivity contribution is 0.382. The lowest BCUT2D eigenvalue weighted by Crippen LogP contribution is -1.92. The van der Waals surface area contributed by atoms with Gasteiger partial charge in [0.15, 0.2) is 11.6 Å². The third kappa shape index (κ3) is 1.35. The SMILES string of the molecule is COc1cc(F)c(C#N)cc1F. The van der Waals surface area contributed by atoms with Crippen LogP contribution in [0.3, 0.4) is 0 Å². The fourth-order valence-corrected chi connectivity index (χ4v) is 0.771. The normalized spacial score (nSPS) is 9.17. The first kappa shape index (κ1) is 8.47. The number of hydrogen-bond donors (Lipinski definition) is 0. The predicted octanol–water partition coefficient (Wildman–Crippen LogP) is 1.85. The summed E-state index contributed by atoms with van der Waals surface area (Å²) in [5.74, 6) is -1.72. The molecule has 2 nitrogen and oxygen atoms in total. The molecule has 0 saturated carbocycles. The van der Waals surface area contributed by atoms with E-state index in [1.54, 1.807) is 0 Å². The minimum Gasteiger partial charge on any atom is -0.494 e. The number of benzene rings is 1. The van der Waals surface area contributed by atoms with Gasteiger partial charge in [-0.3, -0.25) is 0 Å². The second-order valence-electron chi connectivity index (χ2n) is 2.08. The van der Waals surface area contributed by atoms with Gasteiger partial charge in [0.2, 0.25) is 0 Å². The number of nitriles is 1. The van der Waals surface area contributed by atoms with Gasteiger partial charge in [-0.25, -0.2) is 8.78 Å². The maximum absolute atomic E-state index is 12.8. The van der Waals surface area contributed by atoms with Crippen LogP contribution in [0.4, 0.5) is 8.78 Å². The second kappa shape index (κ2) is 3.18. The van der Waals surface area contributed by atoms with Gasteiger partial charge in [-0.2, -0.15) is 5.26 Å². The molecule has 1 aromatic carbocycles. The Morgan fingerprint density at radius 2 is 2.00 bits per heavy atom. The van der Waals surface area contributed by atoms with Gasteiger partial charge >= 0.3 is 0 Å². The fourth-order valence-electron chi connectivity index (χ4n) is 0.771. The van der Waals surface area contributed by atoms with E-state index < -0.39 is 11.6 Å². The van der Waals surface area contributed by atoms with Crippen LogP contribution in [0.2, 0.25) is 0 Å². The van der Waals surface area contributed by atoms with Crippen molar-refractivity contribution in [3.63, 3.8) is 0 Å². The van der Waals surface area contributed by atoms with Crippen molar-refractivity contribution in [2.45, 2.75) is 0 Å². The summed E-state index contributed by atoms with van der Waals surface area (Å²) in [6.45, 7) is 0. The van der Waals surface area contributed by atoms with Crippen molar-refractivity contribution in [3.05, 3.63) is 29.3 Å². The third-order valence-corrected chi connectivity index (χ3v) is 1.36. The van der Waals surface area contributed by atoms with Gasteiger partial charge in [-0.15, -0.1) is 0 Å². The quantitative estimate of drug-likeness (QED) is 0.642. The number of rotatable bonds is 1. The number of halogens is 2. The zero-order valence-electron chi connectivity index (χ0n) is 6.27. The molecule has 0 spiro atoms. The molecule has 0 unspecified atom stereocenters. The van der Waals surface area contributed by atoms with Crippen molar-refractivity contribution in [2.75, 3.05) is 7.11 Å². The Balaban J connectivity index is 3.28. The Hall–Kier alpha value is -1.63. The van der Waals surface area contributed by atoms with Gasteiger partial charge in [-0.1, -0.05) is 0 Å². The lowest BCUT2D eigenvalue weighted by Gasteiger charge is -2.01. The van der Waals surface area contributed by atoms with E-state index in [2.05, 4.69) is 4.74 Å². The summed E-state index contributed by atoms with van der Waals surface area (Å²) in [4.78, 5) is 0. The van der Waals surface area contributed by atoms with E-state index in [1.165, 1.54) is 13.2 Å². The third-order valence-electron chi connectivity index (χ3n) is 1.36. The van der Waals surface area contributed by atoms with Crippen LogP contribution < -0.4 is 4.74 Å². The Labute approximate surface area is 68.0 Å². The van der Waals surface area contributed by atoms with Crippen molar-refractivity contribution in [1.82, 2.24) is 0 Å². The highest BCUT2D eigenvalue weighted by atomic mass is 19.1. The molecule has 0 aliphatic heterocycles. The molecule has 1 aromatic rings. The van der Waals surface area contributed by atoms with Crippen molar-refractivity contribution in [1.29, 1.82) is 5.26 Å². The van der Waals surface area contributed by atoms with Gasteiger partial charge in [-0.05, 0) is 6.07 Å². The number of ether oxygens (including phenoxy) is 1. The minimum absolute atomic E-state index is 0.202. The molecule has 0 aliphatic carbocycles. The molecule has 0 aliphatic rings. The highest BCUT2D eigenvalue weighted by molar-refractivity contribution is 5.37. The average molecular weight is 169 g/mol. The van der Waals surface area contributed by atoms with E-state index in [1.807, 2.05) is 0 Å². The van der Waals surface area contributed by atoms with Crippen LogP contribution in [-0.4, -0.2) is 7.11 Å². The first-order valence-corrected chi connectivity index (χ1v) is 3.12. The Bertz CT molecular complexity index is 343. The monoisotopic (exact) mass is 169 g/mol. The number of nitrogens with zero attached hydrogens (tertiary/aromatic N) is 1. The maximum atomic E-state index is 12.8. The zero-order valence-corrected chi connectivity index (χ0v) is 6.27. The smallest absolute Gasteiger partial charge is 0.166 e. The van der Waals surface area contributed by atoms with Crippen LogP contribution in [0.5, 0.6) is 5.75 Å². The summed E-state index contributed by atoms with van der Waals surface area (Å²) in [7, 11) is 1.23. The van der Waals surface area contributed by atoms with E-state index in [4.69, 9.17) is 5.26 Å². The summed E-state index contributed by atoms with van der Waals surface area (Å²) in [5.41, 5.74) is -0.326. The maximum Gasteiger partial charge on any atom is 0.166 e. The first-order chi connectivity index (χ1) is 5.69. The van der Waals surface area contributed by atoms with Gasteiger partial charge in [0.25, 0.3) is 0 Å². The van der Waals surface area contributed by atoms with Crippen LogP contribution in [-0.2, 0) is 0 Å². The fraction of sp³-hybridized carbons (Fsp3) is 0.125. The van der Waals surface area contributed by atoms with Crippen LogP contribution >= 0.6 is 0 Å². The second-order valence-corrected chi connectivity index (χ2v) is 2.08. The largest absolute Gasteiger partial charge is 0.494 e. The summed E-state index contributed by atoms with van der Waals surface area (Å²) in [6, 6.07) is 3.16. The van der Waals surface area contributed by atoms with E-state index in [-0.39, 0.29) is 11.3 Å². The predicted molar refractivity (Wildman–Crippen MR) is 37.6 cm³/mol. The van der Waals surface area contributed by atoms with Gasteiger partial charge in [0.05, 0.1) is 12.7 Å². The molecule has 0 bridgehead atoms. The molecule has 0 amide bonds. The highest BCUT2D eigenvalue weighted by Gasteiger charge is 2.08. The van der Waals surface area contributed by atoms with Crippen LogP contribution in [0.15, 0.2) is 12.1 Å². The molecule has 0 saturated heterocycles. The molecule has 0 fully saturated rings. The number of hydrogen-bond acceptors (Lipinski definition) is 2. The highest BCUT2D eigenvalue weighted by Crippen LogP contribution is 2.20. The molecule has 0 atom stereocenters. The van der Waals surface area contributed by atoms with Crippen molar-refractivity contribution in [2.24, 2.45) is 0 Å². The molecule has 0 heterocycles. The number of methoxy groups -OCH3 is 1. The van der Waals surface area contributed by atoms with Gasteiger partial charge in [0, 0.05) is 6.07 Å². The average Bonchev–Trinajstić information content (AvgIpc) is 2.08. The van der Waals surface area contributed by atoms with E-state index in [9.17, 15) is 8.78 Å². The summed E-state index contributed by atoms with van der Waals surface area (Å²) < 4.78 is 30.0. The molecular formula is C8H5F2NO. The van der Waals surface area contributed by atoms with Crippen LogP contribution in [0, 0.1) is 23.0 Å². The topological polar surface area (TPSA) is 33.0 Å². The standard InChI is InChI=1S/C8H5F2NO/c1-12-8-3-6(9)5(4-11)2-7(8)10/h2-3H,1H3. The molecule has 4 heteroatoms. The molecule has 0 aromatic heterocycles. The molecule has 62 valence electrons. The Morgan fingerprint density at radius 1 is 1.33 bits per heavy atom. The lowest BCUT2D eigenvalue weighted by atomic mass is 10.2. The molecule has 1 rings (SSSR count). The summed E-state index contributed by atoms with van der Waals surface area (Å²) in [6.07, 6.45) is 0. The van der Waals surface area contributed by atoms with Crippen molar-refractivity contribution >= 4 is 0 Å². The van der Waals surface area contributed by atoms with E-state index in [0.29, 0.717) is 0 Å². The van der Waals surface area contributed by atoms with E-state index >= 15 is 0 Å². The van der Waals surface area contributed by atoms with Gasteiger partial charge in [0.1, 0.15) is 11.9 Å². The van der Waals surface area contributed by atoms with Crippen LogP contribution in [0.25, 0.3) is 0 Å². The van der Waals surface area contributed by atoms with Crippen LogP contribution in [0.1, 0.15) is 5.56 Å². The Morgan fingerprint density at radius 3 is 2.50 bits per heavy atom. The summed E-state index contributed by atoms with van der Waals surface area (Å²) in [5, 5.41) is 8.31. The molecule has 0 radical (unpaired) electrons. The van der Waals surface area contributed by atoms with Gasteiger partial charge < -0.3 is 4.74 Å². The van der Waals surface area contributed by atoms with Crippen molar-refractivity contribution in [3.8, 4) is 11.8 Å². The summed E-state index contributed by atoms with van der Waals surface area (Å²) >= 11 is 0. The molecular weight excluding hydrogens is 164 g/mol. The molecule has 12 heavy (non-hydrogen) atoms. The van der Waals surface area contributed by atoms with Crippen molar-refractivity contribution < 1.29 is 13.5 Å².